The molecule has 0 saturated carbocycles. The van der Waals surface area contributed by atoms with Crippen LogP contribution in [0.2, 0.25) is 0 Å². The number of nitrogens with one attached hydrogen (secondary N) is 1. The third kappa shape index (κ3) is 2.16. The van der Waals surface area contributed by atoms with Crippen molar-refractivity contribution >= 4 is 22.4 Å². The molecule has 26 heavy (non-hydrogen) atoms. The summed E-state index contributed by atoms with van der Waals surface area (Å²) in [7, 11) is 0. The number of hydrogen-bond donors (Lipinski definition) is 1. The average molecular weight is 343 g/mol. The summed E-state index contributed by atoms with van der Waals surface area (Å²) in [6.45, 7) is 2.83. The van der Waals surface area contributed by atoms with E-state index in [1.807, 2.05) is 36.4 Å². The smallest absolute Gasteiger partial charge is 0.195 e. The summed E-state index contributed by atoms with van der Waals surface area (Å²) in [5.41, 5.74) is 5.92. The summed E-state index contributed by atoms with van der Waals surface area (Å²) in [6.07, 6.45) is 0.705. The van der Waals surface area contributed by atoms with Crippen molar-refractivity contribution in [1.82, 2.24) is 4.98 Å². The van der Waals surface area contributed by atoms with E-state index in [1.165, 1.54) is 0 Å². The minimum absolute atomic E-state index is 0.0623. The molecule has 128 valence electrons. The molecule has 5 heteroatoms. The molecule has 2 aliphatic rings. The van der Waals surface area contributed by atoms with E-state index in [2.05, 4.69) is 16.0 Å². The van der Waals surface area contributed by atoms with Crippen LogP contribution in [0, 0.1) is 11.3 Å². The van der Waals surface area contributed by atoms with E-state index in [0.717, 1.165) is 52.1 Å². The molecule has 1 aromatic heterocycles. The van der Waals surface area contributed by atoms with Crippen LogP contribution in [0.5, 0.6) is 0 Å². The van der Waals surface area contributed by atoms with Gasteiger partial charge in [-0.25, -0.2) is 0 Å². The lowest BCUT2D eigenvalue weighted by Crippen LogP contribution is -2.36. The molecule has 2 aromatic carbocycles. The first-order valence-electron chi connectivity index (χ1n) is 8.80. The lowest BCUT2D eigenvalue weighted by Gasteiger charge is -2.30. The predicted molar refractivity (Wildman–Crippen MR) is 98.7 cm³/mol. The SMILES string of the molecule is N#Cc1cc(N2CCOCC2)c2c3c([nH]c2c1)Cc1ccccc1C3=O. The third-order valence-corrected chi connectivity index (χ3v) is 5.29. The number of aromatic amines is 1. The number of H-pyrrole nitrogens is 1. The van der Waals surface area contributed by atoms with Gasteiger partial charge in [-0.1, -0.05) is 24.3 Å². The average Bonchev–Trinajstić information content (AvgIpc) is 3.06. The van der Waals surface area contributed by atoms with Crippen LogP contribution in [-0.4, -0.2) is 37.1 Å². The molecule has 1 N–H and O–H groups in total. The second kappa shape index (κ2) is 5.72. The minimum Gasteiger partial charge on any atom is -0.378 e. The van der Waals surface area contributed by atoms with E-state index in [1.54, 1.807) is 0 Å². The Bertz CT molecular complexity index is 1080. The maximum atomic E-state index is 13.2. The Morgan fingerprint density at radius 2 is 1.96 bits per heavy atom. The zero-order valence-corrected chi connectivity index (χ0v) is 14.2. The van der Waals surface area contributed by atoms with Gasteiger partial charge in [-0.2, -0.15) is 5.26 Å². The van der Waals surface area contributed by atoms with Crippen molar-refractivity contribution in [2.75, 3.05) is 31.2 Å². The van der Waals surface area contributed by atoms with Gasteiger partial charge in [-0.05, 0) is 17.7 Å². The van der Waals surface area contributed by atoms with E-state index in [0.29, 0.717) is 25.2 Å². The first-order chi connectivity index (χ1) is 12.8. The first-order valence-corrected chi connectivity index (χ1v) is 8.80. The molecule has 2 heterocycles. The van der Waals surface area contributed by atoms with Crippen LogP contribution in [0.1, 0.15) is 32.7 Å². The number of nitriles is 1. The van der Waals surface area contributed by atoms with Crippen LogP contribution >= 0.6 is 0 Å². The molecule has 1 fully saturated rings. The van der Waals surface area contributed by atoms with E-state index in [4.69, 9.17) is 4.74 Å². The number of ketones is 1. The maximum Gasteiger partial charge on any atom is 0.195 e. The zero-order chi connectivity index (χ0) is 17.7. The molecule has 0 amide bonds. The van der Waals surface area contributed by atoms with Crippen molar-refractivity contribution in [3.63, 3.8) is 0 Å². The summed E-state index contributed by atoms with van der Waals surface area (Å²) in [4.78, 5) is 18.9. The highest BCUT2D eigenvalue weighted by Gasteiger charge is 2.29. The number of nitrogens with zero attached hydrogens (tertiary/aromatic N) is 2. The molecule has 1 aliphatic carbocycles. The topological polar surface area (TPSA) is 69.1 Å². The highest BCUT2D eigenvalue weighted by Crippen LogP contribution is 2.38. The highest BCUT2D eigenvalue weighted by molar-refractivity contribution is 6.21. The number of aromatic nitrogens is 1. The van der Waals surface area contributed by atoms with E-state index >= 15 is 0 Å². The van der Waals surface area contributed by atoms with Gasteiger partial charge < -0.3 is 14.6 Å². The predicted octanol–water partition coefficient (Wildman–Crippen LogP) is 3.01. The fraction of sp³-hybridized carbons (Fsp3) is 0.238. The molecule has 0 spiro atoms. The molecule has 0 radical (unpaired) electrons. The lowest BCUT2D eigenvalue weighted by atomic mass is 9.87. The normalized spacial score (nSPS) is 16.3. The highest BCUT2D eigenvalue weighted by atomic mass is 16.5. The monoisotopic (exact) mass is 343 g/mol. The molecule has 5 rings (SSSR count). The van der Waals surface area contributed by atoms with Crippen molar-refractivity contribution in [1.29, 1.82) is 5.26 Å². The zero-order valence-electron chi connectivity index (χ0n) is 14.2. The molecule has 0 unspecified atom stereocenters. The van der Waals surface area contributed by atoms with Gasteiger partial charge in [-0.3, -0.25) is 4.79 Å². The van der Waals surface area contributed by atoms with Gasteiger partial charge in [0, 0.05) is 47.4 Å². The molecule has 0 atom stereocenters. The quantitative estimate of drug-likeness (QED) is 0.577. The van der Waals surface area contributed by atoms with Crippen LogP contribution in [-0.2, 0) is 11.2 Å². The van der Waals surface area contributed by atoms with Crippen molar-refractivity contribution in [3.8, 4) is 6.07 Å². The van der Waals surface area contributed by atoms with Gasteiger partial charge in [0.15, 0.2) is 5.78 Å². The minimum atomic E-state index is 0.0623. The number of ether oxygens (including phenoxy) is 1. The van der Waals surface area contributed by atoms with E-state index < -0.39 is 0 Å². The second-order valence-electron chi connectivity index (χ2n) is 6.77. The largest absolute Gasteiger partial charge is 0.378 e. The van der Waals surface area contributed by atoms with Gasteiger partial charge in [0.25, 0.3) is 0 Å². The van der Waals surface area contributed by atoms with Gasteiger partial charge in [-0.15, -0.1) is 0 Å². The van der Waals surface area contributed by atoms with Gasteiger partial charge in [0.05, 0.1) is 30.4 Å². The molecule has 1 aliphatic heterocycles. The summed E-state index contributed by atoms with van der Waals surface area (Å²) in [5.74, 6) is 0.0623. The number of rotatable bonds is 1. The summed E-state index contributed by atoms with van der Waals surface area (Å²) < 4.78 is 5.47. The van der Waals surface area contributed by atoms with E-state index in [9.17, 15) is 10.1 Å². The maximum absolute atomic E-state index is 13.2. The van der Waals surface area contributed by atoms with Crippen molar-refractivity contribution in [2.24, 2.45) is 0 Å². The lowest BCUT2D eigenvalue weighted by molar-refractivity contribution is 0.103. The number of carbonyl (C=O) groups is 1. The summed E-state index contributed by atoms with van der Waals surface area (Å²) in [5, 5.41) is 10.4. The number of morpholine rings is 1. The van der Waals surface area contributed by atoms with E-state index in [-0.39, 0.29) is 5.78 Å². The Morgan fingerprint density at radius 3 is 2.77 bits per heavy atom. The van der Waals surface area contributed by atoms with Crippen LogP contribution in [0.3, 0.4) is 0 Å². The molecular formula is C21H17N3O2. The number of hydrogen-bond acceptors (Lipinski definition) is 4. The van der Waals surface area contributed by atoms with Crippen LogP contribution in [0.15, 0.2) is 36.4 Å². The third-order valence-electron chi connectivity index (χ3n) is 5.29. The molecule has 0 bridgehead atoms. The van der Waals surface area contributed by atoms with Crippen molar-refractivity contribution in [2.45, 2.75) is 6.42 Å². The standard InChI is InChI=1S/C21H17N3O2/c22-12-13-9-16-19(18(10-13)24-5-7-26-8-6-24)20-17(23-16)11-14-3-1-2-4-15(14)21(20)25/h1-4,9-10,23H,5-8,11H2. The van der Waals surface area contributed by atoms with Crippen molar-refractivity contribution in [3.05, 3.63) is 64.3 Å². The number of benzene rings is 2. The first kappa shape index (κ1) is 15.2. The second-order valence-corrected chi connectivity index (χ2v) is 6.77. The molecule has 1 saturated heterocycles. The van der Waals surface area contributed by atoms with Crippen LogP contribution in [0.25, 0.3) is 10.9 Å². The number of carbonyl (C=O) groups excluding carboxylic acids is 1. The summed E-state index contributed by atoms with van der Waals surface area (Å²) in [6, 6.07) is 13.8. The van der Waals surface area contributed by atoms with Crippen molar-refractivity contribution < 1.29 is 9.53 Å². The number of anilines is 1. The fourth-order valence-electron chi connectivity index (χ4n) is 4.09. The Hall–Kier alpha value is -3.10. The Labute approximate surface area is 150 Å². The van der Waals surface area contributed by atoms with Gasteiger partial charge >= 0.3 is 0 Å². The molecule has 5 nitrogen and oxygen atoms in total. The molecule has 3 aromatic rings. The summed E-state index contributed by atoms with van der Waals surface area (Å²) >= 11 is 0. The fourth-order valence-corrected chi connectivity index (χ4v) is 4.09. The Morgan fingerprint density at radius 1 is 1.15 bits per heavy atom. The molecular weight excluding hydrogens is 326 g/mol. The van der Waals surface area contributed by atoms with Gasteiger partial charge in [0.1, 0.15) is 0 Å². The number of fused-ring (bicyclic) bond motifs is 4. The van der Waals surface area contributed by atoms with Gasteiger partial charge in [0.2, 0.25) is 0 Å². The van der Waals surface area contributed by atoms with Crippen LogP contribution < -0.4 is 4.90 Å². The Balaban J connectivity index is 1.77. The Kier molecular flexibility index (Phi) is 3.34. The van der Waals surface area contributed by atoms with Crippen LogP contribution in [0.4, 0.5) is 5.69 Å².